The fourth-order valence-corrected chi connectivity index (χ4v) is 0.807. The molecule has 0 aliphatic rings. The summed E-state index contributed by atoms with van der Waals surface area (Å²) in [6.07, 6.45) is 2.68. The smallest absolute Gasteiger partial charge is 0.146 e. The van der Waals surface area contributed by atoms with E-state index in [2.05, 4.69) is 6.58 Å². The van der Waals surface area contributed by atoms with Crippen molar-refractivity contribution in [3.05, 3.63) is 23.8 Å². The molecule has 0 spiro atoms. The summed E-state index contributed by atoms with van der Waals surface area (Å²) < 4.78 is 0. The maximum absolute atomic E-state index is 10.4. The summed E-state index contributed by atoms with van der Waals surface area (Å²) in [6.45, 7) is 9.45. The number of hydrogen-bond acceptors (Lipinski definition) is 1. The van der Waals surface area contributed by atoms with Crippen LogP contribution in [0.15, 0.2) is 23.8 Å². The van der Waals surface area contributed by atoms with E-state index in [4.69, 9.17) is 0 Å². The monoisotopic (exact) mass is 138 g/mol. The van der Waals surface area contributed by atoms with E-state index < -0.39 is 0 Å². The first kappa shape index (κ1) is 9.15. The third-order valence-corrected chi connectivity index (χ3v) is 1.55. The molecule has 0 N–H and O–H groups in total. The number of allylic oxidation sites excluding steroid dienone is 3. The molecule has 0 aromatic carbocycles. The molecule has 0 fully saturated rings. The second-order valence-corrected chi connectivity index (χ2v) is 2.60. The molecule has 1 heteroatoms. The number of carbonyl (C=O) groups is 1. The molecule has 0 aromatic rings. The highest BCUT2D eigenvalue weighted by atomic mass is 16.1. The van der Waals surface area contributed by atoms with Gasteiger partial charge in [-0.25, -0.2) is 0 Å². The Kier molecular flexibility index (Phi) is 3.70. The minimum atomic E-state index is 0.183. The van der Waals surface area contributed by atoms with Crippen molar-refractivity contribution in [2.24, 2.45) is 5.92 Å². The van der Waals surface area contributed by atoms with Crippen LogP contribution in [0.5, 0.6) is 0 Å². The van der Waals surface area contributed by atoms with Crippen molar-refractivity contribution in [3.8, 4) is 0 Å². The van der Waals surface area contributed by atoms with Gasteiger partial charge in [0.1, 0.15) is 6.29 Å². The summed E-state index contributed by atoms with van der Waals surface area (Å²) >= 11 is 0. The van der Waals surface area contributed by atoms with Gasteiger partial charge in [-0.1, -0.05) is 18.6 Å². The van der Waals surface area contributed by atoms with E-state index in [0.717, 1.165) is 17.4 Å². The molecular formula is C9H14O. The van der Waals surface area contributed by atoms with Crippen LogP contribution in [-0.2, 0) is 4.79 Å². The van der Waals surface area contributed by atoms with E-state index in [9.17, 15) is 4.79 Å². The number of rotatable bonds is 3. The third kappa shape index (κ3) is 2.18. The topological polar surface area (TPSA) is 17.1 Å². The van der Waals surface area contributed by atoms with Crippen molar-refractivity contribution < 1.29 is 4.79 Å². The SMILES string of the molecule is C=CC(C)C(C=O)=C(C)C. The van der Waals surface area contributed by atoms with Crippen LogP contribution in [0.3, 0.4) is 0 Å². The Morgan fingerprint density at radius 2 is 2.00 bits per heavy atom. The molecule has 0 saturated heterocycles. The minimum Gasteiger partial charge on any atom is -0.298 e. The standard InChI is InChI=1S/C9H14O/c1-5-8(4)9(6-10)7(2)3/h5-6,8H,1H2,2-4H3. The highest BCUT2D eigenvalue weighted by molar-refractivity contribution is 5.75. The molecule has 0 bridgehead atoms. The number of carbonyl (C=O) groups excluding carboxylic acids is 1. The summed E-state index contributed by atoms with van der Waals surface area (Å²) in [4.78, 5) is 10.4. The van der Waals surface area contributed by atoms with E-state index in [0.29, 0.717) is 0 Å². The average molecular weight is 138 g/mol. The lowest BCUT2D eigenvalue weighted by molar-refractivity contribution is -0.105. The van der Waals surface area contributed by atoms with Gasteiger partial charge >= 0.3 is 0 Å². The predicted molar refractivity (Wildman–Crippen MR) is 43.8 cm³/mol. The van der Waals surface area contributed by atoms with Crippen LogP contribution < -0.4 is 0 Å². The van der Waals surface area contributed by atoms with Gasteiger partial charge in [-0.05, 0) is 19.4 Å². The van der Waals surface area contributed by atoms with Crippen LogP contribution in [0.4, 0.5) is 0 Å². The maximum atomic E-state index is 10.4. The van der Waals surface area contributed by atoms with Gasteiger partial charge in [0.15, 0.2) is 0 Å². The number of hydrogen-bond donors (Lipinski definition) is 0. The second kappa shape index (κ2) is 4.04. The zero-order valence-corrected chi connectivity index (χ0v) is 6.85. The molecule has 0 radical (unpaired) electrons. The Hall–Kier alpha value is -0.850. The predicted octanol–water partition coefficient (Wildman–Crippen LogP) is 2.34. The lowest BCUT2D eigenvalue weighted by Gasteiger charge is -2.05. The molecule has 0 amide bonds. The van der Waals surface area contributed by atoms with Gasteiger partial charge in [0, 0.05) is 5.92 Å². The van der Waals surface area contributed by atoms with E-state index in [1.165, 1.54) is 0 Å². The molecule has 56 valence electrons. The summed E-state index contributed by atoms with van der Waals surface area (Å²) in [5, 5.41) is 0. The molecule has 0 aliphatic heterocycles. The Balaban J connectivity index is 4.51. The fraction of sp³-hybridized carbons (Fsp3) is 0.444. The molecule has 0 saturated carbocycles. The number of aldehydes is 1. The van der Waals surface area contributed by atoms with Crippen LogP contribution in [0.1, 0.15) is 20.8 Å². The lowest BCUT2D eigenvalue weighted by atomic mass is 9.99. The van der Waals surface area contributed by atoms with Gasteiger partial charge in [0.05, 0.1) is 0 Å². The van der Waals surface area contributed by atoms with Crippen LogP contribution in [0.25, 0.3) is 0 Å². The molecule has 10 heavy (non-hydrogen) atoms. The minimum absolute atomic E-state index is 0.183. The highest BCUT2D eigenvalue weighted by Gasteiger charge is 2.03. The van der Waals surface area contributed by atoms with E-state index >= 15 is 0 Å². The first-order valence-electron chi connectivity index (χ1n) is 3.38. The Morgan fingerprint density at radius 1 is 1.50 bits per heavy atom. The first-order valence-corrected chi connectivity index (χ1v) is 3.38. The third-order valence-electron chi connectivity index (χ3n) is 1.55. The molecule has 1 nitrogen and oxygen atoms in total. The Morgan fingerprint density at radius 3 is 2.10 bits per heavy atom. The highest BCUT2D eigenvalue weighted by Crippen LogP contribution is 2.12. The Bertz CT molecular complexity index is 162. The van der Waals surface area contributed by atoms with Crippen LogP contribution in [0.2, 0.25) is 0 Å². The summed E-state index contributed by atoms with van der Waals surface area (Å²) in [6, 6.07) is 0. The van der Waals surface area contributed by atoms with Crippen molar-refractivity contribution >= 4 is 6.29 Å². The van der Waals surface area contributed by atoms with Crippen LogP contribution in [0, 0.1) is 5.92 Å². The first-order chi connectivity index (χ1) is 4.63. The van der Waals surface area contributed by atoms with E-state index in [1.54, 1.807) is 6.08 Å². The van der Waals surface area contributed by atoms with Gasteiger partial charge in [0.2, 0.25) is 0 Å². The normalized spacial score (nSPS) is 11.9. The van der Waals surface area contributed by atoms with Gasteiger partial charge in [-0.2, -0.15) is 0 Å². The maximum Gasteiger partial charge on any atom is 0.146 e. The van der Waals surface area contributed by atoms with E-state index in [-0.39, 0.29) is 5.92 Å². The van der Waals surface area contributed by atoms with Crippen molar-refractivity contribution in [2.45, 2.75) is 20.8 Å². The zero-order chi connectivity index (χ0) is 8.15. The molecular weight excluding hydrogens is 124 g/mol. The van der Waals surface area contributed by atoms with Gasteiger partial charge in [-0.3, -0.25) is 4.79 Å². The largest absolute Gasteiger partial charge is 0.298 e. The molecule has 1 atom stereocenters. The molecule has 0 aromatic heterocycles. The van der Waals surface area contributed by atoms with Gasteiger partial charge in [0.25, 0.3) is 0 Å². The van der Waals surface area contributed by atoms with Crippen molar-refractivity contribution in [3.63, 3.8) is 0 Å². The molecule has 1 unspecified atom stereocenters. The van der Waals surface area contributed by atoms with Crippen LogP contribution in [-0.4, -0.2) is 6.29 Å². The summed E-state index contributed by atoms with van der Waals surface area (Å²) in [5.74, 6) is 0.183. The fourth-order valence-electron chi connectivity index (χ4n) is 0.807. The van der Waals surface area contributed by atoms with E-state index in [1.807, 2.05) is 20.8 Å². The van der Waals surface area contributed by atoms with Gasteiger partial charge in [-0.15, -0.1) is 6.58 Å². The zero-order valence-electron chi connectivity index (χ0n) is 6.85. The molecule has 0 heterocycles. The molecule has 0 aliphatic carbocycles. The second-order valence-electron chi connectivity index (χ2n) is 2.60. The van der Waals surface area contributed by atoms with Crippen molar-refractivity contribution in [1.82, 2.24) is 0 Å². The van der Waals surface area contributed by atoms with Gasteiger partial charge < -0.3 is 0 Å². The van der Waals surface area contributed by atoms with Crippen molar-refractivity contribution in [2.75, 3.05) is 0 Å². The summed E-state index contributed by atoms with van der Waals surface area (Å²) in [5.41, 5.74) is 1.91. The Labute approximate surface area is 62.4 Å². The summed E-state index contributed by atoms with van der Waals surface area (Å²) in [7, 11) is 0. The average Bonchev–Trinajstić information content (AvgIpc) is 1.88. The molecule has 0 rings (SSSR count). The van der Waals surface area contributed by atoms with Crippen molar-refractivity contribution in [1.29, 1.82) is 0 Å². The lowest BCUT2D eigenvalue weighted by Crippen LogP contribution is -1.98. The quantitative estimate of drug-likeness (QED) is 0.332. The van der Waals surface area contributed by atoms with Crippen LogP contribution >= 0.6 is 0 Å².